The molecule has 0 aliphatic carbocycles. The number of fused-ring (bicyclic) bond motifs is 1. The lowest BCUT2D eigenvalue weighted by Gasteiger charge is -2.10. The number of hydrogen-bond donors (Lipinski definition) is 2. The second kappa shape index (κ2) is 6.96. The van der Waals surface area contributed by atoms with Gasteiger partial charge in [-0.25, -0.2) is 4.98 Å². The van der Waals surface area contributed by atoms with Crippen LogP contribution in [-0.2, 0) is 0 Å². The molecule has 2 aromatic heterocycles. The first-order valence-corrected chi connectivity index (χ1v) is 9.23. The Balaban J connectivity index is 1.89. The molecule has 2 aromatic carbocycles. The summed E-state index contributed by atoms with van der Waals surface area (Å²) in [6.45, 7) is 2.06. The van der Waals surface area contributed by atoms with Crippen molar-refractivity contribution in [3.05, 3.63) is 70.8 Å². The zero-order valence-corrected chi connectivity index (χ0v) is 16.5. The summed E-state index contributed by atoms with van der Waals surface area (Å²) in [5, 5.41) is 13.7. The molecule has 2 N–H and O–H groups in total. The van der Waals surface area contributed by atoms with Crippen LogP contribution in [0.2, 0.25) is 0 Å². The van der Waals surface area contributed by atoms with Crippen molar-refractivity contribution in [2.24, 2.45) is 0 Å². The molecule has 0 radical (unpaired) electrons. The predicted molar refractivity (Wildman–Crippen MR) is 111 cm³/mol. The topological polar surface area (TPSA) is 58.8 Å². The van der Waals surface area contributed by atoms with Crippen LogP contribution in [-0.4, -0.2) is 21.6 Å². The number of aryl methyl sites for hydroxylation is 1. The molecule has 136 valence electrons. The van der Waals surface area contributed by atoms with Gasteiger partial charge in [-0.2, -0.15) is 0 Å². The summed E-state index contributed by atoms with van der Waals surface area (Å²) in [4.78, 5) is 4.76. The number of phenolic OH excluding ortho intramolecular Hbond substituents is 1. The predicted octanol–water partition coefficient (Wildman–Crippen LogP) is 5.53. The Bertz CT molecular complexity index is 1120. The minimum absolute atomic E-state index is 0.0783. The highest BCUT2D eigenvalue weighted by molar-refractivity contribution is 9.10. The van der Waals surface area contributed by atoms with Crippen molar-refractivity contribution in [2.45, 2.75) is 6.92 Å². The summed E-state index contributed by atoms with van der Waals surface area (Å²) >= 11 is 3.52. The van der Waals surface area contributed by atoms with Crippen LogP contribution >= 0.6 is 15.9 Å². The van der Waals surface area contributed by atoms with Gasteiger partial charge in [0.25, 0.3) is 0 Å². The molecule has 0 spiro atoms. The Hall–Kier alpha value is -2.99. The van der Waals surface area contributed by atoms with E-state index in [1.165, 1.54) is 12.7 Å². The Labute approximate surface area is 165 Å². The van der Waals surface area contributed by atoms with Gasteiger partial charge in [-0.15, -0.1) is 0 Å². The maximum absolute atomic E-state index is 10.2. The monoisotopic (exact) mass is 423 g/mol. The van der Waals surface area contributed by atoms with Crippen LogP contribution in [0.15, 0.2) is 65.3 Å². The van der Waals surface area contributed by atoms with Crippen molar-refractivity contribution in [2.75, 3.05) is 12.4 Å². The van der Waals surface area contributed by atoms with E-state index in [-0.39, 0.29) is 5.75 Å². The normalized spacial score (nSPS) is 10.9. The van der Waals surface area contributed by atoms with Crippen LogP contribution in [0.5, 0.6) is 11.5 Å². The van der Waals surface area contributed by atoms with Crippen molar-refractivity contribution in [3.8, 4) is 22.8 Å². The molecule has 27 heavy (non-hydrogen) atoms. The number of nitrogens with one attached hydrogen (secondary N) is 1. The van der Waals surface area contributed by atoms with Crippen molar-refractivity contribution in [1.82, 2.24) is 9.38 Å². The molecule has 0 fully saturated rings. The minimum atomic E-state index is 0.0783. The molecular weight excluding hydrogens is 406 g/mol. The number of ether oxygens (including phenoxy) is 1. The van der Waals surface area contributed by atoms with Gasteiger partial charge >= 0.3 is 0 Å². The van der Waals surface area contributed by atoms with Gasteiger partial charge in [0, 0.05) is 21.9 Å². The van der Waals surface area contributed by atoms with Crippen LogP contribution in [0.3, 0.4) is 0 Å². The third-order valence-electron chi connectivity index (χ3n) is 4.35. The fourth-order valence-electron chi connectivity index (χ4n) is 2.95. The molecule has 4 rings (SSSR count). The van der Waals surface area contributed by atoms with Crippen LogP contribution < -0.4 is 10.1 Å². The van der Waals surface area contributed by atoms with Gasteiger partial charge in [-0.1, -0.05) is 17.7 Å². The molecule has 0 saturated carbocycles. The maximum atomic E-state index is 10.2. The van der Waals surface area contributed by atoms with E-state index in [4.69, 9.17) is 9.72 Å². The zero-order valence-electron chi connectivity index (χ0n) is 14.9. The second-order valence-electron chi connectivity index (χ2n) is 6.26. The number of benzene rings is 2. The fraction of sp³-hybridized carbons (Fsp3) is 0.0952. The van der Waals surface area contributed by atoms with E-state index in [1.807, 2.05) is 40.9 Å². The third-order valence-corrected chi connectivity index (χ3v) is 4.82. The summed E-state index contributed by atoms with van der Waals surface area (Å²) in [6, 6.07) is 17.3. The quantitative estimate of drug-likeness (QED) is 0.452. The number of nitrogens with zero attached hydrogens (tertiary/aromatic N) is 2. The average Bonchev–Trinajstić information content (AvgIpc) is 3.01. The number of hydrogen-bond acceptors (Lipinski definition) is 4. The molecule has 4 aromatic rings. The first-order valence-electron chi connectivity index (χ1n) is 8.44. The van der Waals surface area contributed by atoms with E-state index in [0.717, 1.165) is 32.9 Å². The van der Waals surface area contributed by atoms with Gasteiger partial charge in [0.1, 0.15) is 17.2 Å². The molecule has 0 atom stereocenters. The maximum Gasteiger partial charge on any atom is 0.160 e. The molecule has 0 amide bonds. The number of anilines is 2. The smallest absolute Gasteiger partial charge is 0.160 e. The van der Waals surface area contributed by atoms with Crippen molar-refractivity contribution < 1.29 is 9.84 Å². The van der Waals surface area contributed by atoms with Gasteiger partial charge in [-0.3, -0.25) is 4.40 Å². The first kappa shape index (κ1) is 17.4. The highest BCUT2D eigenvalue weighted by atomic mass is 79.9. The van der Waals surface area contributed by atoms with E-state index in [9.17, 15) is 5.11 Å². The Morgan fingerprint density at radius 1 is 1.07 bits per heavy atom. The molecule has 6 heteroatoms. The zero-order chi connectivity index (χ0) is 19.0. The fourth-order valence-corrected chi connectivity index (χ4v) is 3.29. The van der Waals surface area contributed by atoms with Crippen molar-refractivity contribution in [1.29, 1.82) is 0 Å². The molecule has 2 heterocycles. The molecule has 0 unspecified atom stereocenters. The summed E-state index contributed by atoms with van der Waals surface area (Å²) in [6.07, 6.45) is 1.96. The van der Waals surface area contributed by atoms with E-state index in [1.54, 1.807) is 12.1 Å². The van der Waals surface area contributed by atoms with E-state index in [0.29, 0.717) is 5.75 Å². The van der Waals surface area contributed by atoms with Gasteiger partial charge in [-0.05, 0) is 65.3 Å². The summed E-state index contributed by atoms with van der Waals surface area (Å²) < 4.78 is 8.08. The standard InChI is InChI=1S/C21H18BrN3O2/c1-13-3-7-16(8-4-13)23-21-20(14-5-9-18(27-2)17(26)11-14)24-19-10-6-15(22)12-25(19)21/h3-12,23,26H,1-2H3. The molecule has 0 aliphatic rings. The van der Waals surface area contributed by atoms with Gasteiger partial charge < -0.3 is 15.2 Å². The van der Waals surface area contributed by atoms with Crippen LogP contribution in [0.4, 0.5) is 11.5 Å². The highest BCUT2D eigenvalue weighted by Gasteiger charge is 2.16. The molecule has 0 bridgehead atoms. The molecular formula is C21H18BrN3O2. The Morgan fingerprint density at radius 2 is 1.85 bits per heavy atom. The lowest BCUT2D eigenvalue weighted by Crippen LogP contribution is -1.97. The van der Waals surface area contributed by atoms with Crippen molar-refractivity contribution in [3.63, 3.8) is 0 Å². The summed E-state index contributed by atoms with van der Waals surface area (Å²) in [5.74, 6) is 1.33. The SMILES string of the molecule is COc1ccc(-c2nc3ccc(Br)cn3c2Nc2ccc(C)cc2)cc1O. The molecule has 0 saturated heterocycles. The van der Waals surface area contributed by atoms with Crippen LogP contribution in [0, 0.1) is 6.92 Å². The summed E-state index contributed by atoms with van der Waals surface area (Å²) in [5.41, 5.74) is 4.50. The van der Waals surface area contributed by atoms with E-state index in [2.05, 4.69) is 40.3 Å². The number of aromatic nitrogens is 2. The van der Waals surface area contributed by atoms with Crippen LogP contribution in [0.1, 0.15) is 5.56 Å². The van der Waals surface area contributed by atoms with E-state index < -0.39 is 0 Å². The second-order valence-corrected chi connectivity index (χ2v) is 7.18. The number of phenols is 1. The Morgan fingerprint density at radius 3 is 2.56 bits per heavy atom. The van der Waals surface area contributed by atoms with Gasteiger partial charge in [0.05, 0.1) is 7.11 Å². The largest absolute Gasteiger partial charge is 0.504 e. The summed E-state index contributed by atoms with van der Waals surface area (Å²) in [7, 11) is 1.53. The number of imidazole rings is 1. The Kier molecular flexibility index (Phi) is 4.49. The average molecular weight is 424 g/mol. The number of methoxy groups -OCH3 is 1. The number of pyridine rings is 1. The molecule has 5 nitrogen and oxygen atoms in total. The highest BCUT2D eigenvalue weighted by Crippen LogP contribution is 2.36. The van der Waals surface area contributed by atoms with Gasteiger partial charge in [0.15, 0.2) is 11.5 Å². The van der Waals surface area contributed by atoms with Crippen LogP contribution in [0.25, 0.3) is 16.9 Å². The van der Waals surface area contributed by atoms with Gasteiger partial charge in [0.2, 0.25) is 0 Å². The minimum Gasteiger partial charge on any atom is -0.504 e. The number of aromatic hydroxyl groups is 1. The third kappa shape index (κ3) is 3.36. The van der Waals surface area contributed by atoms with Crippen molar-refractivity contribution >= 4 is 33.1 Å². The lowest BCUT2D eigenvalue weighted by molar-refractivity contribution is 0.373. The lowest BCUT2D eigenvalue weighted by atomic mass is 10.1. The molecule has 0 aliphatic heterocycles. The van der Waals surface area contributed by atoms with E-state index >= 15 is 0 Å². The number of halogens is 1. The first-order chi connectivity index (χ1) is 13.0. The number of rotatable bonds is 4.